The third-order valence-corrected chi connectivity index (χ3v) is 5.06. The quantitative estimate of drug-likeness (QED) is 0.624. The van der Waals surface area contributed by atoms with Gasteiger partial charge in [-0.2, -0.15) is 0 Å². The Balaban J connectivity index is 1.58. The lowest BCUT2D eigenvalue weighted by Gasteiger charge is -2.07. The number of benzene rings is 2. The predicted octanol–water partition coefficient (Wildman–Crippen LogP) is 5.03. The summed E-state index contributed by atoms with van der Waals surface area (Å²) >= 11 is 1.55. The molecule has 0 aliphatic rings. The molecule has 1 heterocycles. The lowest BCUT2D eigenvalue weighted by Crippen LogP contribution is -2.13. The van der Waals surface area contributed by atoms with E-state index in [1.807, 2.05) is 61.7 Å². The van der Waals surface area contributed by atoms with Gasteiger partial charge in [0.25, 0.3) is 0 Å². The maximum absolute atomic E-state index is 12.3. The van der Waals surface area contributed by atoms with E-state index >= 15 is 0 Å². The summed E-state index contributed by atoms with van der Waals surface area (Å²) in [6, 6.07) is 13.2. The molecule has 26 heavy (non-hydrogen) atoms. The van der Waals surface area contributed by atoms with E-state index in [0.717, 1.165) is 21.7 Å². The summed E-state index contributed by atoms with van der Waals surface area (Å²) in [7, 11) is 0. The van der Waals surface area contributed by atoms with Crippen LogP contribution in [0.15, 0.2) is 54.0 Å². The molecule has 3 aromatic rings. The molecular formula is C21H20N2O2S. The van der Waals surface area contributed by atoms with Gasteiger partial charge >= 0.3 is 0 Å². The first kappa shape index (κ1) is 18.0. The van der Waals surface area contributed by atoms with Crippen LogP contribution >= 0.6 is 11.3 Å². The number of anilines is 1. The maximum atomic E-state index is 12.3. The highest BCUT2D eigenvalue weighted by atomic mass is 32.1. The van der Waals surface area contributed by atoms with Gasteiger partial charge in [-0.25, -0.2) is 4.98 Å². The van der Waals surface area contributed by atoms with Crippen LogP contribution in [0.1, 0.15) is 34.3 Å². The monoisotopic (exact) mass is 364 g/mol. The Hall–Kier alpha value is -2.79. The minimum absolute atomic E-state index is 0.0141. The van der Waals surface area contributed by atoms with Crippen molar-refractivity contribution < 1.29 is 9.59 Å². The molecule has 0 fully saturated rings. The Morgan fingerprint density at radius 3 is 2.62 bits per heavy atom. The van der Waals surface area contributed by atoms with E-state index < -0.39 is 0 Å². The van der Waals surface area contributed by atoms with Gasteiger partial charge < -0.3 is 5.32 Å². The summed E-state index contributed by atoms with van der Waals surface area (Å²) in [5, 5.41) is 5.68. The molecule has 0 bridgehead atoms. The molecule has 4 nitrogen and oxygen atoms in total. The van der Waals surface area contributed by atoms with Gasteiger partial charge in [0.15, 0.2) is 5.78 Å². The van der Waals surface area contributed by atoms with Gasteiger partial charge in [-0.3, -0.25) is 9.59 Å². The number of nitrogens with zero attached hydrogens (tertiary/aromatic N) is 1. The number of aryl methyl sites for hydroxylation is 2. The van der Waals surface area contributed by atoms with Crippen LogP contribution in [0, 0.1) is 13.8 Å². The van der Waals surface area contributed by atoms with Crippen LogP contribution in [0.5, 0.6) is 0 Å². The molecule has 0 aliphatic heterocycles. The lowest BCUT2D eigenvalue weighted by atomic mass is 10.0. The van der Waals surface area contributed by atoms with Gasteiger partial charge in [-0.15, -0.1) is 11.3 Å². The fourth-order valence-electron chi connectivity index (χ4n) is 2.61. The van der Waals surface area contributed by atoms with Crippen molar-refractivity contribution in [3.05, 3.63) is 70.7 Å². The van der Waals surface area contributed by atoms with Crippen LogP contribution in [0.4, 0.5) is 5.69 Å². The second-order valence-electron chi connectivity index (χ2n) is 6.19. The minimum atomic E-state index is -0.168. The van der Waals surface area contributed by atoms with E-state index in [4.69, 9.17) is 0 Å². The molecule has 3 rings (SSSR count). The number of carbonyl (C=O) groups is 2. The van der Waals surface area contributed by atoms with E-state index in [2.05, 4.69) is 10.3 Å². The van der Waals surface area contributed by atoms with E-state index in [0.29, 0.717) is 11.3 Å². The predicted molar refractivity (Wildman–Crippen MR) is 106 cm³/mol. The number of thiazole rings is 1. The van der Waals surface area contributed by atoms with E-state index in [-0.39, 0.29) is 24.5 Å². The van der Waals surface area contributed by atoms with E-state index in [9.17, 15) is 9.59 Å². The third-order valence-electron chi connectivity index (χ3n) is 4.23. The molecule has 5 heteroatoms. The first-order valence-corrected chi connectivity index (χ1v) is 9.31. The maximum Gasteiger partial charge on any atom is 0.224 e. The zero-order valence-electron chi connectivity index (χ0n) is 14.8. The van der Waals surface area contributed by atoms with Gasteiger partial charge in [-0.1, -0.05) is 24.3 Å². The van der Waals surface area contributed by atoms with Crippen LogP contribution in [0.3, 0.4) is 0 Å². The van der Waals surface area contributed by atoms with Crippen molar-refractivity contribution in [1.29, 1.82) is 0 Å². The SMILES string of the molecule is Cc1ccc(C(=O)CCC(=O)Nc2cccc(-c3nccs3)c2)cc1C. The third kappa shape index (κ3) is 4.43. The summed E-state index contributed by atoms with van der Waals surface area (Å²) < 4.78 is 0. The molecule has 0 saturated heterocycles. The molecule has 0 atom stereocenters. The molecule has 0 unspecified atom stereocenters. The number of carbonyl (C=O) groups excluding carboxylic acids is 2. The molecule has 1 aromatic heterocycles. The Labute approximate surface area is 156 Å². The van der Waals surface area contributed by atoms with E-state index in [1.165, 1.54) is 0 Å². The molecule has 1 N–H and O–H groups in total. The van der Waals surface area contributed by atoms with Crippen molar-refractivity contribution >= 4 is 28.7 Å². The Bertz CT molecular complexity index is 933. The van der Waals surface area contributed by atoms with Crippen molar-refractivity contribution in [1.82, 2.24) is 4.98 Å². The fourth-order valence-corrected chi connectivity index (χ4v) is 3.24. The highest BCUT2D eigenvalue weighted by Crippen LogP contribution is 2.24. The zero-order valence-corrected chi connectivity index (χ0v) is 15.6. The molecule has 132 valence electrons. The van der Waals surface area contributed by atoms with Crippen molar-refractivity contribution in [2.45, 2.75) is 26.7 Å². The summed E-state index contributed by atoms with van der Waals surface area (Å²) in [5.74, 6) is -0.182. The number of Topliss-reactive ketones (excluding diaryl/α,β-unsaturated/α-hetero) is 1. The number of ketones is 1. The number of hydrogen-bond donors (Lipinski definition) is 1. The molecular weight excluding hydrogens is 344 g/mol. The molecule has 0 saturated carbocycles. The Kier molecular flexibility index (Phi) is 5.58. The second kappa shape index (κ2) is 8.06. The summed E-state index contributed by atoms with van der Waals surface area (Å²) in [6.07, 6.45) is 2.11. The largest absolute Gasteiger partial charge is 0.326 e. The zero-order chi connectivity index (χ0) is 18.5. The van der Waals surface area contributed by atoms with Crippen LogP contribution in [-0.4, -0.2) is 16.7 Å². The van der Waals surface area contributed by atoms with Crippen LogP contribution in [-0.2, 0) is 4.79 Å². The number of nitrogens with one attached hydrogen (secondary N) is 1. The lowest BCUT2D eigenvalue weighted by molar-refractivity contribution is -0.116. The second-order valence-corrected chi connectivity index (χ2v) is 7.08. The van der Waals surface area contributed by atoms with Crippen LogP contribution in [0.25, 0.3) is 10.6 Å². The number of hydrogen-bond acceptors (Lipinski definition) is 4. The van der Waals surface area contributed by atoms with E-state index in [1.54, 1.807) is 17.5 Å². The number of amides is 1. The molecule has 0 aliphatic carbocycles. The molecule has 0 spiro atoms. The Morgan fingerprint density at radius 1 is 1.04 bits per heavy atom. The van der Waals surface area contributed by atoms with Gasteiger partial charge in [0.05, 0.1) is 0 Å². The first-order valence-electron chi connectivity index (χ1n) is 8.43. The topological polar surface area (TPSA) is 59.1 Å². The molecule has 1 amide bonds. The van der Waals surface area contributed by atoms with Gasteiger partial charge in [0.1, 0.15) is 5.01 Å². The number of aromatic nitrogens is 1. The van der Waals surface area contributed by atoms with Gasteiger partial charge in [-0.05, 0) is 43.2 Å². The molecule has 2 aromatic carbocycles. The first-order chi connectivity index (χ1) is 12.5. The minimum Gasteiger partial charge on any atom is -0.326 e. The average Bonchev–Trinajstić information content (AvgIpc) is 3.17. The highest BCUT2D eigenvalue weighted by Gasteiger charge is 2.11. The molecule has 0 radical (unpaired) electrons. The van der Waals surface area contributed by atoms with Crippen molar-refractivity contribution in [2.24, 2.45) is 0 Å². The van der Waals surface area contributed by atoms with Gasteiger partial charge in [0, 0.05) is 41.2 Å². The number of rotatable bonds is 6. The van der Waals surface area contributed by atoms with Crippen LogP contribution < -0.4 is 5.32 Å². The summed E-state index contributed by atoms with van der Waals surface area (Å²) in [5.41, 5.74) is 4.57. The fraction of sp³-hybridized carbons (Fsp3) is 0.190. The Morgan fingerprint density at radius 2 is 1.88 bits per heavy atom. The summed E-state index contributed by atoms with van der Waals surface area (Å²) in [4.78, 5) is 28.8. The highest BCUT2D eigenvalue weighted by molar-refractivity contribution is 7.13. The van der Waals surface area contributed by atoms with Crippen molar-refractivity contribution in [3.8, 4) is 10.6 Å². The van der Waals surface area contributed by atoms with Crippen LogP contribution in [0.2, 0.25) is 0 Å². The average molecular weight is 364 g/mol. The van der Waals surface area contributed by atoms with Crippen molar-refractivity contribution in [3.63, 3.8) is 0 Å². The smallest absolute Gasteiger partial charge is 0.224 e. The summed E-state index contributed by atoms with van der Waals surface area (Å²) in [6.45, 7) is 3.99. The normalized spacial score (nSPS) is 10.5. The van der Waals surface area contributed by atoms with Crippen molar-refractivity contribution in [2.75, 3.05) is 5.32 Å². The standard InChI is InChI=1S/C21H20N2O2S/c1-14-6-7-16(12-15(14)2)19(24)8-9-20(25)23-18-5-3-4-17(13-18)21-22-10-11-26-21/h3-7,10-13H,8-9H2,1-2H3,(H,23,25). The van der Waals surface area contributed by atoms with Gasteiger partial charge in [0.2, 0.25) is 5.91 Å².